The van der Waals surface area contributed by atoms with E-state index < -0.39 is 6.03 Å². The minimum absolute atomic E-state index is 0.0431. The van der Waals surface area contributed by atoms with Gasteiger partial charge < -0.3 is 10.6 Å². The third kappa shape index (κ3) is 5.37. The van der Waals surface area contributed by atoms with Crippen molar-refractivity contribution in [1.29, 1.82) is 0 Å². The number of hydrogen-bond acceptors (Lipinski definition) is 4. The number of carbonyl (C=O) groups excluding carboxylic acids is 2. The monoisotopic (exact) mass is 245 g/mol. The Morgan fingerprint density at radius 2 is 2.12 bits per heavy atom. The maximum absolute atomic E-state index is 11.3. The number of amides is 3. The molecule has 1 heterocycles. The van der Waals surface area contributed by atoms with Crippen molar-refractivity contribution in [2.75, 3.05) is 24.6 Å². The van der Waals surface area contributed by atoms with Crippen LogP contribution in [-0.4, -0.2) is 42.6 Å². The summed E-state index contributed by atoms with van der Waals surface area (Å²) in [5, 5.41) is 8.08. The van der Waals surface area contributed by atoms with Crippen LogP contribution in [0.4, 0.5) is 4.79 Å². The van der Waals surface area contributed by atoms with Crippen LogP contribution in [0.2, 0.25) is 0 Å². The molecule has 0 aromatic rings. The number of urea groups is 1. The van der Waals surface area contributed by atoms with E-state index in [-0.39, 0.29) is 11.9 Å². The van der Waals surface area contributed by atoms with Crippen molar-refractivity contribution in [1.82, 2.24) is 16.0 Å². The summed E-state index contributed by atoms with van der Waals surface area (Å²) in [4.78, 5) is 22.5. The molecule has 1 fully saturated rings. The molecule has 1 aliphatic rings. The van der Waals surface area contributed by atoms with Gasteiger partial charge in [-0.1, -0.05) is 0 Å². The molecule has 1 saturated heterocycles. The van der Waals surface area contributed by atoms with Crippen LogP contribution in [0, 0.1) is 5.92 Å². The zero-order valence-corrected chi connectivity index (χ0v) is 10.5. The van der Waals surface area contributed by atoms with Crippen molar-refractivity contribution in [2.24, 2.45) is 5.92 Å². The molecule has 0 atom stereocenters. The molecule has 5 nitrogen and oxygen atoms in total. The summed E-state index contributed by atoms with van der Waals surface area (Å²) in [5.41, 5.74) is 0. The molecule has 1 rings (SSSR count). The van der Waals surface area contributed by atoms with Gasteiger partial charge in [0.05, 0.1) is 5.75 Å². The van der Waals surface area contributed by atoms with Crippen LogP contribution in [-0.2, 0) is 4.79 Å². The molecule has 6 heteroatoms. The second-order valence-corrected chi connectivity index (χ2v) is 5.25. The number of carbonyl (C=O) groups is 2. The summed E-state index contributed by atoms with van der Waals surface area (Å²) in [6, 6.07) is -0.368. The minimum atomic E-state index is -0.411. The Morgan fingerprint density at radius 3 is 2.62 bits per heavy atom. The van der Waals surface area contributed by atoms with Crippen molar-refractivity contribution in [3.8, 4) is 0 Å². The van der Waals surface area contributed by atoms with Gasteiger partial charge in [0.2, 0.25) is 5.91 Å². The Hall–Kier alpha value is -0.750. The third-order valence-corrected chi connectivity index (χ3v) is 3.30. The highest BCUT2D eigenvalue weighted by atomic mass is 32.2. The molecule has 16 heavy (non-hydrogen) atoms. The van der Waals surface area contributed by atoms with Gasteiger partial charge in [0.25, 0.3) is 0 Å². The van der Waals surface area contributed by atoms with E-state index in [0.717, 1.165) is 18.8 Å². The summed E-state index contributed by atoms with van der Waals surface area (Å²) >= 11 is 1.57. The average Bonchev–Trinajstić information content (AvgIpc) is 2.07. The molecule has 0 saturated carbocycles. The van der Waals surface area contributed by atoms with Gasteiger partial charge in [-0.15, -0.1) is 0 Å². The van der Waals surface area contributed by atoms with Gasteiger partial charge in [-0.25, -0.2) is 4.79 Å². The zero-order chi connectivity index (χ0) is 12.0. The van der Waals surface area contributed by atoms with Crippen LogP contribution in [0.15, 0.2) is 0 Å². The Kier molecular flexibility index (Phi) is 5.62. The van der Waals surface area contributed by atoms with E-state index in [9.17, 15) is 9.59 Å². The molecule has 0 aromatic carbocycles. The minimum Gasteiger partial charge on any atom is -0.336 e. The van der Waals surface area contributed by atoms with Gasteiger partial charge in [-0.2, -0.15) is 11.8 Å². The molecule has 0 unspecified atom stereocenters. The maximum atomic E-state index is 11.3. The van der Waals surface area contributed by atoms with Crippen LogP contribution in [0.5, 0.6) is 0 Å². The molecule has 0 radical (unpaired) electrons. The van der Waals surface area contributed by atoms with Crippen molar-refractivity contribution in [3.63, 3.8) is 0 Å². The van der Waals surface area contributed by atoms with E-state index in [2.05, 4.69) is 16.0 Å². The summed E-state index contributed by atoms with van der Waals surface area (Å²) in [6.45, 7) is 5.79. The first-order valence-electron chi connectivity index (χ1n) is 5.46. The predicted molar refractivity (Wildman–Crippen MR) is 65.5 cm³/mol. The smallest absolute Gasteiger partial charge is 0.321 e. The molecule has 3 amide bonds. The topological polar surface area (TPSA) is 70.2 Å². The van der Waals surface area contributed by atoms with Crippen LogP contribution in [0.1, 0.15) is 13.8 Å². The highest BCUT2D eigenvalue weighted by Crippen LogP contribution is 2.11. The molecule has 3 N–H and O–H groups in total. The highest BCUT2D eigenvalue weighted by molar-refractivity contribution is 7.99. The third-order valence-electron chi connectivity index (χ3n) is 2.13. The summed E-state index contributed by atoms with van der Waals surface area (Å²) in [7, 11) is 0. The molecular weight excluding hydrogens is 226 g/mol. The van der Waals surface area contributed by atoms with E-state index >= 15 is 0 Å². The van der Waals surface area contributed by atoms with Crippen molar-refractivity contribution in [2.45, 2.75) is 19.9 Å². The summed E-state index contributed by atoms with van der Waals surface area (Å²) in [5.74, 6) is 1.78. The first-order chi connectivity index (χ1) is 7.58. The van der Waals surface area contributed by atoms with Crippen LogP contribution < -0.4 is 16.0 Å². The fourth-order valence-electron chi connectivity index (χ4n) is 1.25. The fraction of sp³-hybridized carbons (Fsp3) is 0.800. The highest BCUT2D eigenvalue weighted by Gasteiger charge is 2.17. The molecule has 0 bridgehead atoms. The second kappa shape index (κ2) is 6.75. The van der Waals surface area contributed by atoms with Crippen LogP contribution in [0.25, 0.3) is 0 Å². The summed E-state index contributed by atoms with van der Waals surface area (Å²) < 4.78 is 0. The van der Waals surface area contributed by atoms with Gasteiger partial charge >= 0.3 is 6.03 Å². The lowest BCUT2D eigenvalue weighted by atomic mass is 10.1. The number of nitrogens with one attached hydrogen (secondary N) is 3. The Bertz CT molecular complexity index is 254. The molecular formula is C10H19N3O2S. The van der Waals surface area contributed by atoms with E-state index in [1.54, 1.807) is 11.8 Å². The standard InChI is InChI=1S/C10H19N3O2S/c1-7(2)12-10(15)13-9(14)6-16-5-8-3-11-4-8/h7-8,11H,3-6H2,1-2H3,(H2,12,13,14,15). The predicted octanol–water partition coefficient (Wildman–Crippen LogP) is 0.173. The molecule has 0 spiro atoms. The lowest BCUT2D eigenvalue weighted by Gasteiger charge is -2.26. The fourth-order valence-corrected chi connectivity index (χ4v) is 2.19. The van der Waals surface area contributed by atoms with Crippen LogP contribution in [0.3, 0.4) is 0 Å². The first kappa shape index (κ1) is 13.3. The largest absolute Gasteiger partial charge is 0.336 e. The number of rotatable bonds is 5. The van der Waals surface area contributed by atoms with E-state index in [4.69, 9.17) is 0 Å². The van der Waals surface area contributed by atoms with E-state index in [0.29, 0.717) is 11.7 Å². The first-order valence-corrected chi connectivity index (χ1v) is 6.62. The SMILES string of the molecule is CC(C)NC(=O)NC(=O)CSCC1CNC1. The van der Waals surface area contributed by atoms with Crippen molar-refractivity contribution in [3.05, 3.63) is 0 Å². The maximum Gasteiger partial charge on any atom is 0.321 e. The Balaban J connectivity index is 2.03. The molecule has 0 aliphatic carbocycles. The Labute approximate surface area is 100 Å². The number of hydrogen-bond donors (Lipinski definition) is 3. The van der Waals surface area contributed by atoms with Gasteiger partial charge in [0, 0.05) is 6.04 Å². The van der Waals surface area contributed by atoms with Crippen molar-refractivity contribution < 1.29 is 9.59 Å². The number of thioether (sulfide) groups is 1. The van der Waals surface area contributed by atoms with E-state index in [1.807, 2.05) is 13.8 Å². The quantitative estimate of drug-likeness (QED) is 0.646. The zero-order valence-electron chi connectivity index (χ0n) is 9.71. The lowest BCUT2D eigenvalue weighted by molar-refractivity contribution is -0.117. The van der Waals surface area contributed by atoms with Gasteiger partial charge in [-0.3, -0.25) is 10.1 Å². The normalized spacial score (nSPS) is 15.7. The molecule has 1 aliphatic heterocycles. The number of imide groups is 1. The summed E-state index contributed by atoms with van der Waals surface area (Å²) in [6.07, 6.45) is 0. The Morgan fingerprint density at radius 1 is 1.44 bits per heavy atom. The van der Waals surface area contributed by atoms with Gasteiger partial charge in [0.1, 0.15) is 0 Å². The molecule has 0 aromatic heterocycles. The van der Waals surface area contributed by atoms with Crippen molar-refractivity contribution >= 4 is 23.7 Å². The lowest BCUT2D eigenvalue weighted by Crippen LogP contribution is -2.44. The van der Waals surface area contributed by atoms with Crippen LogP contribution >= 0.6 is 11.8 Å². The molecule has 92 valence electrons. The average molecular weight is 245 g/mol. The van der Waals surface area contributed by atoms with Gasteiger partial charge in [-0.05, 0) is 38.6 Å². The van der Waals surface area contributed by atoms with E-state index in [1.165, 1.54) is 0 Å². The van der Waals surface area contributed by atoms with Gasteiger partial charge in [0.15, 0.2) is 0 Å². The second-order valence-electron chi connectivity index (χ2n) is 4.22.